The van der Waals surface area contributed by atoms with Crippen molar-refractivity contribution in [1.29, 1.82) is 0 Å². The summed E-state index contributed by atoms with van der Waals surface area (Å²) in [6, 6.07) is 3.73. The molecule has 0 amide bonds. The molecule has 1 saturated carbocycles. The fourth-order valence-corrected chi connectivity index (χ4v) is 4.84. The van der Waals surface area contributed by atoms with E-state index in [1.54, 1.807) is 11.8 Å². The summed E-state index contributed by atoms with van der Waals surface area (Å²) in [6.45, 7) is 0.385. The minimum Gasteiger partial charge on any atom is -0.326 e. The normalized spacial score (nSPS) is 18.0. The summed E-state index contributed by atoms with van der Waals surface area (Å²) in [5.41, 5.74) is 5.63. The van der Waals surface area contributed by atoms with E-state index in [2.05, 4.69) is 4.72 Å². The van der Waals surface area contributed by atoms with E-state index in [-0.39, 0.29) is 21.8 Å². The lowest BCUT2D eigenvalue weighted by atomic mass is 10.1. The summed E-state index contributed by atoms with van der Waals surface area (Å²) in [5, 5.41) is 0. The summed E-state index contributed by atoms with van der Waals surface area (Å²) in [7, 11) is -3.63. The molecule has 1 aromatic carbocycles. The van der Waals surface area contributed by atoms with E-state index in [1.807, 2.05) is 6.26 Å². The van der Waals surface area contributed by atoms with Gasteiger partial charge in [-0.15, -0.1) is 0 Å². The van der Waals surface area contributed by atoms with Gasteiger partial charge in [0, 0.05) is 23.4 Å². The van der Waals surface area contributed by atoms with Crippen molar-refractivity contribution in [1.82, 2.24) is 4.72 Å². The quantitative estimate of drug-likeness (QED) is 0.838. The molecule has 0 aromatic heterocycles. The zero-order valence-corrected chi connectivity index (χ0v) is 13.7. The van der Waals surface area contributed by atoms with Gasteiger partial charge in [-0.25, -0.2) is 17.5 Å². The maximum atomic E-state index is 13.4. The summed E-state index contributed by atoms with van der Waals surface area (Å²) < 4.78 is 40.8. The van der Waals surface area contributed by atoms with Crippen LogP contribution in [0.1, 0.15) is 31.2 Å². The van der Waals surface area contributed by atoms with Crippen LogP contribution in [-0.4, -0.2) is 26.0 Å². The molecule has 4 nitrogen and oxygen atoms in total. The Morgan fingerprint density at radius 1 is 1.38 bits per heavy atom. The molecule has 0 bridgehead atoms. The number of benzene rings is 1. The Balaban J connectivity index is 2.15. The van der Waals surface area contributed by atoms with Crippen molar-refractivity contribution < 1.29 is 12.8 Å². The van der Waals surface area contributed by atoms with Crippen LogP contribution in [0.4, 0.5) is 4.39 Å². The van der Waals surface area contributed by atoms with Crippen LogP contribution in [0.15, 0.2) is 23.1 Å². The molecule has 0 radical (unpaired) electrons. The van der Waals surface area contributed by atoms with E-state index in [1.165, 1.54) is 12.1 Å². The third kappa shape index (κ3) is 3.77. The van der Waals surface area contributed by atoms with Crippen molar-refractivity contribution in [2.75, 3.05) is 12.8 Å². The summed E-state index contributed by atoms with van der Waals surface area (Å²) in [6.07, 6.45) is 6.33. The van der Waals surface area contributed by atoms with Gasteiger partial charge in [0.15, 0.2) is 0 Å². The fraction of sp³-hybridized carbons (Fsp3) is 0.571. The number of halogens is 1. The predicted molar refractivity (Wildman–Crippen MR) is 84.2 cm³/mol. The highest BCUT2D eigenvalue weighted by Crippen LogP contribution is 2.39. The first-order valence-corrected chi connectivity index (χ1v) is 9.66. The van der Waals surface area contributed by atoms with Gasteiger partial charge < -0.3 is 5.73 Å². The molecule has 21 heavy (non-hydrogen) atoms. The fourth-order valence-electron chi connectivity index (χ4n) is 2.66. The van der Waals surface area contributed by atoms with Crippen molar-refractivity contribution in [3.05, 3.63) is 29.6 Å². The predicted octanol–water partition coefficient (Wildman–Crippen LogP) is 2.24. The van der Waals surface area contributed by atoms with Gasteiger partial charge >= 0.3 is 0 Å². The number of sulfonamides is 1. The molecule has 0 unspecified atom stereocenters. The molecule has 0 saturated heterocycles. The summed E-state index contributed by atoms with van der Waals surface area (Å²) in [5.74, 6) is -0.479. The van der Waals surface area contributed by atoms with Gasteiger partial charge in [0.25, 0.3) is 0 Å². The van der Waals surface area contributed by atoms with Gasteiger partial charge in [-0.1, -0.05) is 12.8 Å². The molecule has 1 aliphatic rings. The van der Waals surface area contributed by atoms with Gasteiger partial charge in [-0.2, -0.15) is 11.8 Å². The minimum absolute atomic E-state index is 0.0101. The van der Waals surface area contributed by atoms with Crippen LogP contribution in [-0.2, 0) is 16.6 Å². The molecule has 1 aliphatic carbocycles. The Morgan fingerprint density at radius 3 is 2.62 bits per heavy atom. The Hall–Kier alpha value is -0.630. The van der Waals surface area contributed by atoms with E-state index >= 15 is 0 Å². The third-order valence-electron chi connectivity index (χ3n) is 4.08. The molecule has 3 N–H and O–H groups in total. The maximum absolute atomic E-state index is 13.4. The van der Waals surface area contributed by atoms with Gasteiger partial charge in [-0.05, 0) is 37.3 Å². The zero-order chi connectivity index (χ0) is 15.5. The van der Waals surface area contributed by atoms with E-state index < -0.39 is 15.8 Å². The Labute approximate surface area is 129 Å². The molecule has 0 atom stereocenters. The summed E-state index contributed by atoms with van der Waals surface area (Å²) >= 11 is 1.72. The number of hydrogen-bond acceptors (Lipinski definition) is 4. The smallest absolute Gasteiger partial charge is 0.240 e. The van der Waals surface area contributed by atoms with Crippen LogP contribution >= 0.6 is 11.8 Å². The molecule has 0 heterocycles. The van der Waals surface area contributed by atoms with Crippen molar-refractivity contribution in [2.24, 2.45) is 5.73 Å². The Bertz CT molecular complexity index is 599. The van der Waals surface area contributed by atoms with Crippen molar-refractivity contribution in [2.45, 2.75) is 41.9 Å². The second-order valence-electron chi connectivity index (χ2n) is 5.38. The average Bonchev–Trinajstić information content (AvgIpc) is 2.95. The second-order valence-corrected chi connectivity index (χ2v) is 8.42. The first-order valence-electron chi connectivity index (χ1n) is 6.96. The molecule has 0 spiro atoms. The van der Waals surface area contributed by atoms with Gasteiger partial charge in [0.05, 0.1) is 4.90 Å². The molecular formula is C14H21FN2O2S2. The largest absolute Gasteiger partial charge is 0.326 e. The van der Waals surface area contributed by atoms with Crippen molar-refractivity contribution in [3.8, 4) is 0 Å². The first-order chi connectivity index (χ1) is 9.92. The van der Waals surface area contributed by atoms with Crippen LogP contribution in [0.2, 0.25) is 0 Å². The van der Waals surface area contributed by atoms with E-state index in [4.69, 9.17) is 5.73 Å². The molecule has 118 valence electrons. The minimum atomic E-state index is -3.63. The highest BCUT2D eigenvalue weighted by molar-refractivity contribution is 8.00. The second kappa shape index (κ2) is 6.64. The molecular weight excluding hydrogens is 311 g/mol. The van der Waals surface area contributed by atoms with Crippen molar-refractivity contribution in [3.63, 3.8) is 0 Å². The highest BCUT2D eigenvalue weighted by atomic mass is 32.2. The number of hydrogen-bond donors (Lipinski definition) is 2. The van der Waals surface area contributed by atoms with Crippen LogP contribution in [0.3, 0.4) is 0 Å². The lowest BCUT2D eigenvalue weighted by Crippen LogP contribution is -2.38. The van der Waals surface area contributed by atoms with E-state index in [0.29, 0.717) is 6.54 Å². The number of nitrogens with one attached hydrogen (secondary N) is 1. The number of nitrogens with two attached hydrogens (primary N) is 1. The lowest BCUT2D eigenvalue weighted by Gasteiger charge is -2.26. The molecule has 7 heteroatoms. The Morgan fingerprint density at radius 2 is 2.05 bits per heavy atom. The Kier molecular flexibility index (Phi) is 5.29. The van der Waals surface area contributed by atoms with Gasteiger partial charge in [-0.3, -0.25) is 0 Å². The average molecular weight is 332 g/mol. The van der Waals surface area contributed by atoms with Crippen molar-refractivity contribution >= 4 is 21.8 Å². The molecule has 1 aromatic rings. The number of rotatable bonds is 6. The van der Waals surface area contributed by atoms with Crippen LogP contribution in [0.25, 0.3) is 0 Å². The van der Waals surface area contributed by atoms with E-state index in [0.717, 1.165) is 31.7 Å². The topological polar surface area (TPSA) is 72.2 Å². The maximum Gasteiger partial charge on any atom is 0.240 e. The lowest BCUT2D eigenvalue weighted by molar-refractivity contribution is 0.550. The molecule has 1 fully saturated rings. The molecule has 0 aliphatic heterocycles. The SMILES string of the molecule is CSC1(CNS(=O)(=O)c2ccc(F)c(CN)c2)CCCC1. The van der Waals surface area contributed by atoms with Gasteiger partial charge in [0.1, 0.15) is 5.82 Å². The third-order valence-corrected chi connectivity index (χ3v) is 6.90. The number of thioether (sulfide) groups is 1. The zero-order valence-electron chi connectivity index (χ0n) is 12.1. The van der Waals surface area contributed by atoms with Crippen LogP contribution in [0, 0.1) is 5.82 Å². The monoisotopic (exact) mass is 332 g/mol. The standard InChI is InChI=1S/C14H21FN2O2S2/c1-20-14(6-2-3-7-14)10-17-21(18,19)12-4-5-13(15)11(8-12)9-16/h4-5,8,17H,2-3,6-7,9-10,16H2,1H3. The summed E-state index contributed by atoms with van der Waals surface area (Å²) in [4.78, 5) is 0.0681. The first kappa shape index (κ1) is 16.7. The van der Waals surface area contributed by atoms with E-state index in [9.17, 15) is 12.8 Å². The molecule has 2 rings (SSSR count). The highest BCUT2D eigenvalue weighted by Gasteiger charge is 2.34. The van der Waals surface area contributed by atoms with Crippen LogP contribution < -0.4 is 10.5 Å². The van der Waals surface area contributed by atoms with Crippen LogP contribution in [0.5, 0.6) is 0 Å². The van der Waals surface area contributed by atoms with Gasteiger partial charge in [0.2, 0.25) is 10.0 Å².